The molecule has 0 aromatic heterocycles. The lowest BCUT2D eigenvalue weighted by Crippen LogP contribution is -2.50. The molecule has 3 aromatic carbocycles. The standard InChI is InChI=1S/C28H32ClN3O5S/c1-19-9-12-24(13-10-19)38(35,36)32(25-16-23(29)11-14-26(25)37-5)18-27(33)31(21(3)28(34)30-4)17-22-8-6-7-20(2)15-22/h6-16,21H,17-18H2,1-5H3,(H,30,34)/t21-/m0/s1. The number of methoxy groups -OCH3 is 1. The molecule has 0 aliphatic rings. The summed E-state index contributed by atoms with van der Waals surface area (Å²) >= 11 is 6.24. The van der Waals surface area contributed by atoms with E-state index in [0.717, 1.165) is 21.0 Å². The molecule has 0 radical (unpaired) electrons. The number of benzene rings is 3. The first-order chi connectivity index (χ1) is 18.0. The van der Waals surface area contributed by atoms with Crippen LogP contribution in [0.5, 0.6) is 5.75 Å². The monoisotopic (exact) mass is 557 g/mol. The van der Waals surface area contributed by atoms with Gasteiger partial charge < -0.3 is 15.0 Å². The lowest BCUT2D eigenvalue weighted by atomic mass is 10.1. The van der Waals surface area contributed by atoms with E-state index in [-0.39, 0.29) is 33.8 Å². The van der Waals surface area contributed by atoms with Crippen LogP contribution in [-0.4, -0.2) is 51.9 Å². The van der Waals surface area contributed by atoms with Gasteiger partial charge in [-0.05, 0) is 56.7 Å². The van der Waals surface area contributed by atoms with Crippen molar-refractivity contribution in [1.82, 2.24) is 10.2 Å². The van der Waals surface area contributed by atoms with Gasteiger partial charge in [-0.3, -0.25) is 13.9 Å². The van der Waals surface area contributed by atoms with Gasteiger partial charge >= 0.3 is 0 Å². The third-order valence-corrected chi connectivity index (χ3v) is 8.16. The Labute approximate surface area is 229 Å². The molecule has 0 spiro atoms. The van der Waals surface area contributed by atoms with E-state index in [0.29, 0.717) is 0 Å². The molecule has 0 saturated carbocycles. The van der Waals surface area contributed by atoms with Crippen LogP contribution in [-0.2, 0) is 26.2 Å². The second kappa shape index (κ2) is 12.3. The van der Waals surface area contributed by atoms with E-state index in [9.17, 15) is 18.0 Å². The minimum atomic E-state index is -4.23. The predicted octanol–water partition coefficient (Wildman–Crippen LogP) is 4.32. The molecule has 202 valence electrons. The fourth-order valence-electron chi connectivity index (χ4n) is 4.01. The number of ether oxygens (including phenoxy) is 1. The second-order valence-electron chi connectivity index (χ2n) is 8.94. The average molecular weight is 558 g/mol. The molecular formula is C28H32ClN3O5S. The molecule has 8 nitrogen and oxygen atoms in total. The van der Waals surface area contributed by atoms with Crippen molar-refractivity contribution in [3.63, 3.8) is 0 Å². The highest BCUT2D eigenvalue weighted by Crippen LogP contribution is 2.35. The number of anilines is 1. The maximum atomic E-state index is 13.9. The van der Waals surface area contributed by atoms with Crippen LogP contribution < -0.4 is 14.4 Å². The van der Waals surface area contributed by atoms with Crippen LogP contribution in [0.4, 0.5) is 5.69 Å². The first kappa shape index (κ1) is 29.0. The van der Waals surface area contributed by atoms with Crippen LogP contribution in [0.25, 0.3) is 0 Å². The summed E-state index contributed by atoms with van der Waals surface area (Å²) in [5.74, 6) is -0.720. The van der Waals surface area contributed by atoms with Crippen molar-refractivity contribution < 1.29 is 22.7 Å². The van der Waals surface area contributed by atoms with Crippen molar-refractivity contribution in [3.05, 3.63) is 88.4 Å². The smallest absolute Gasteiger partial charge is 0.264 e. The zero-order valence-corrected chi connectivity index (χ0v) is 23.6. The van der Waals surface area contributed by atoms with Crippen molar-refractivity contribution in [3.8, 4) is 5.75 Å². The van der Waals surface area contributed by atoms with Gasteiger partial charge in [0.25, 0.3) is 10.0 Å². The maximum absolute atomic E-state index is 13.9. The summed E-state index contributed by atoms with van der Waals surface area (Å²) in [6.45, 7) is 4.91. The Morgan fingerprint density at radius 1 is 1.00 bits per heavy atom. The summed E-state index contributed by atoms with van der Waals surface area (Å²) in [6, 6.07) is 17.6. The van der Waals surface area contributed by atoms with E-state index >= 15 is 0 Å². The molecule has 0 saturated heterocycles. The van der Waals surface area contributed by atoms with Crippen molar-refractivity contribution >= 4 is 39.1 Å². The van der Waals surface area contributed by atoms with Gasteiger partial charge in [0, 0.05) is 18.6 Å². The number of hydrogen-bond donors (Lipinski definition) is 1. The number of sulfonamides is 1. The van der Waals surface area contributed by atoms with E-state index in [1.807, 2.05) is 38.1 Å². The normalized spacial score (nSPS) is 11.9. The number of rotatable bonds is 10. The maximum Gasteiger partial charge on any atom is 0.264 e. The van der Waals surface area contributed by atoms with E-state index < -0.39 is 28.5 Å². The highest BCUT2D eigenvalue weighted by atomic mass is 35.5. The first-order valence-corrected chi connectivity index (χ1v) is 13.8. The SMILES string of the molecule is CNC(=O)[C@H](C)N(Cc1cccc(C)c1)C(=O)CN(c1cc(Cl)ccc1OC)S(=O)(=O)c1ccc(C)cc1. The number of nitrogens with one attached hydrogen (secondary N) is 1. The zero-order valence-electron chi connectivity index (χ0n) is 22.1. The predicted molar refractivity (Wildman–Crippen MR) is 149 cm³/mol. The Bertz CT molecular complexity index is 1410. The minimum Gasteiger partial charge on any atom is -0.495 e. The largest absolute Gasteiger partial charge is 0.495 e. The van der Waals surface area contributed by atoms with Crippen molar-refractivity contribution in [2.75, 3.05) is 25.0 Å². The fourth-order valence-corrected chi connectivity index (χ4v) is 5.59. The Balaban J connectivity index is 2.11. The third kappa shape index (κ3) is 6.65. The Morgan fingerprint density at radius 3 is 2.29 bits per heavy atom. The lowest BCUT2D eigenvalue weighted by molar-refractivity contribution is -0.139. The molecule has 0 aliphatic heterocycles. The van der Waals surface area contributed by atoms with E-state index in [1.165, 1.54) is 43.3 Å². The molecule has 0 bridgehead atoms. The Morgan fingerprint density at radius 2 is 1.68 bits per heavy atom. The summed E-state index contributed by atoms with van der Waals surface area (Å²) in [5, 5.41) is 2.84. The van der Waals surface area contributed by atoms with Crippen LogP contribution in [0, 0.1) is 13.8 Å². The summed E-state index contributed by atoms with van der Waals surface area (Å²) in [6.07, 6.45) is 0. The summed E-state index contributed by atoms with van der Waals surface area (Å²) in [4.78, 5) is 27.8. The number of nitrogens with zero attached hydrogens (tertiary/aromatic N) is 2. The highest BCUT2D eigenvalue weighted by molar-refractivity contribution is 7.92. The van der Waals surface area contributed by atoms with Gasteiger partial charge in [0.05, 0.1) is 17.7 Å². The van der Waals surface area contributed by atoms with Crippen LogP contribution in [0.1, 0.15) is 23.6 Å². The number of carbonyl (C=O) groups is 2. The second-order valence-corrected chi connectivity index (χ2v) is 11.2. The number of hydrogen-bond acceptors (Lipinski definition) is 5. The highest BCUT2D eigenvalue weighted by Gasteiger charge is 2.33. The molecule has 3 rings (SSSR count). The van der Waals surface area contributed by atoms with E-state index in [2.05, 4.69) is 5.32 Å². The molecule has 38 heavy (non-hydrogen) atoms. The number of halogens is 1. The van der Waals surface area contributed by atoms with Crippen molar-refractivity contribution in [2.24, 2.45) is 0 Å². The average Bonchev–Trinajstić information content (AvgIpc) is 2.89. The molecule has 0 fully saturated rings. The van der Waals surface area contributed by atoms with Gasteiger partial charge in [-0.1, -0.05) is 59.1 Å². The molecular weight excluding hydrogens is 526 g/mol. The number of aryl methyl sites for hydroxylation is 2. The zero-order chi connectivity index (χ0) is 28.0. The van der Waals surface area contributed by atoms with Crippen molar-refractivity contribution in [1.29, 1.82) is 0 Å². The van der Waals surface area contributed by atoms with Gasteiger partial charge in [-0.25, -0.2) is 8.42 Å². The van der Waals surface area contributed by atoms with Gasteiger partial charge in [0.1, 0.15) is 18.3 Å². The molecule has 0 heterocycles. The topological polar surface area (TPSA) is 96.0 Å². The molecule has 2 amide bonds. The number of amides is 2. The van der Waals surface area contributed by atoms with E-state index in [1.54, 1.807) is 25.1 Å². The number of carbonyl (C=O) groups excluding carboxylic acids is 2. The Kier molecular flexibility index (Phi) is 9.40. The third-order valence-electron chi connectivity index (χ3n) is 6.15. The molecule has 0 aliphatic carbocycles. The van der Waals surface area contributed by atoms with Gasteiger partial charge in [0.2, 0.25) is 11.8 Å². The van der Waals surface area contributed by atoms with Crippen molar-refractivity contribution in [2.45, 2.75) is 38.3 Å². The summed E-state index contributed by atoms with van der Waals surface area (Å²) in [7, 11) is -1.34. The Hall–Kier alpha value is -3.56. The van der Waals surface area contributed by atoms with Gasteiger partial charge in [0.15, 0.2) is 0 Å². The molecule has 1 N–H and O–H groups in total. The summed E-state index contributed by atoms with van der Waals surface area (Å²) in [5.41, 5.74) is 2.80. The van der Waals surface area contributed by atoms with Crippen LogP contribution in [0.2, 0.25) is 5.02 Å². The first-order valence-electron chi connectivity index (χ1n) is 12.0. The molecule has 0 unspecified atom stereocenters. The van der Waals surface area contributed by atoms with Gasteiger partial charge in [-0.2, -0.15) is 0 Å². The minimum absolute atomic E-state index is 0.00233. The fraction of sp³-hybridized carbons (Fsp3) is 0.286. The summed E-state index contributed by atoms with van der Waals surface area (Å²) < 4.78 is 34.3. The van der Waals surface area contributed by atoms with Gasteiger partial charge in [-0.15, -0.1) is 0 Å². The van der Waals surface area contributed by atoms with Crippen LogP contribution >= 0.6 is 11.6 Å². The molecule has 1 atom stereocenters. The molecule has 10 heteroatoms. The quantitative estimate of drug-likeness (QED) is 0.400. The van der Waals surface area contributed by atoms with E-state index in [4.69, 9.17) is 16.3 Å². The molecule has 3 aromatic rings. The van der Waals surface area contributed by atoms with Crippen LogP contribution in [0.3, 0.4) is 0 Å². The van der Waals surface area contributed by atoms with Crippen LogP contribution in [0.15, 0.2) is 71.6 Å². The lowest BCUT2D eigenvalue weighted by Gasteiger charge is -2.32. The number of likely N-dealkylation sites (N-methyl/N-ethyl adjacent to an activating group) is 1.